The highest BCUT2D eigenvalue weighted by atomic mass is 79.9. The highest BCUT2D eigenvalue weighted by molar-refractivity contribution is 9.09. The Morgan fingerprint density at radius 1 is 1.20 bits per heavy atom. The Labute approximate surface area is 107 Å². The molecule has 84 valence electrons. The Hall–Kier alpha value is 0.190. The number of sulfonamides is 1. The van der Waals surface area contributed by atoms with E-state index in [1.165, 1.54) is 18.2 Å². The normalized spacial score (nSPS) is 11.7. The highest BCUT2D eigenvalue weighted by Gasteiger charge is 2.14. The minimum absolute atomic E-state index is 0.0703. The fourth-order valence-electron chi connectivity index (χ4n) is 0.940. The van der Waals surface area contributed by atoms with Gasteiger partial charge in [-0.3, -0.25) is 0 Å². The van der Waals surface area contributed by atoms with Crippen molar-refractivity contribution in [2.75, 3.05) is 11.9 Å². The molecular formula is C8H8BrCl2NO2S. The molecular weight excluding hydrogens is 325 g/mol. The summed E-state index contributed by atoms with van der Waals surface area (Å²) in [6.07, 6.45) is 0. The van der Waals surface area contributed by atoms with Crippen molar-refractivity contribution >= 4 is 49.2 Å². The summed E-state index contributed by atoms with van der Waals surface area (Å²) in [6.45, 7) is 0.312. The van der Waals surface area contributed by atoms with Crippen LogP contribution < -0.4 is 4.72 Å². The zero-order chi connectivity index (χ0) is 11.5. The average molecular weight is 333 g/mol. The van der Waals surface area contributed by atoms with Gasteiger partial charge < -0.3 is 0 Å². The molecule has 0 unspecified atom stereocenters. The van der Waals surface area contributed by atoms with E-state index in [-0.39, 0.29) is 4.90 Å². The van der Waals surface area contributed by atoms with Crippen LogP contribution in [0.25, 0.3) is 0 Å². The standard InChI is InChI=1S/C8H8BrCl2NO2S/c9-1-2-12-15(13,14)8-4-6(10)3-7(11)5-8/h3-5,12H,1-2H2. The summed E-state index contributed by atoms with van der Waals surface area (Å²) in [5.74, 6) is 0. The van der Waals surface area contributed by atoms with Crippen molar-refractivity contribution in [1.29, 1.82) is 0 Å². The van der Waals surface area contributed by atoms with Crippen LogP contribution in [0.15, 0.2) is 23.1 Å². The van der Waals surface area contributed by atoms with Gasteiger partial charge in [-0.25, -0.2) is 13.1 Å². The van der Waals surface area contributed by atoms with Gasteiger partial charge in [-0.1, -0.05) is 39.1 Å². The summed E-state index contributed by atoms with van der Waals surface area (Å²) in [5, 5.41) is 1.13. The van der Waals surface area contributed by atoms with Crippen LogP contribution in [-0.4, -0.2) is 20.3 Å². The number of benzene rings is 1. The number of alkyl halides is 1. The molecule has 3 nitrogen and oxygen atoms in total. The maximum absolute atomic E-state index is 11.6. The van der Waals surface area contributed by atoms with Crippen LogP contribution in [0.5, 0.6) is 0 Å². The summed E-state index contributed by atoms with van der Waals surface area (Å²) in [5.41, 5.74) is 0. The van der Waals surface area contributed by atoms with E-state index in [9.17, 15) is 8.42 Å². The van der Waals surface area contributed by atoms with Gasteiger partial charge in [-0.15, -0.1) is 0 Å². The second-order valence-electron chi connectivity index (χ2n) is 2.69. The van der Waals surface area contributed by atoms with Gasteiger partial charge in [0.2, 0.25) is 10.0 Å². The number of halogens is 3. The minimum atomic E-state index is -3.52. The molecule has 0 saturated carbocycles. The molecule has 0 aliphatic carbocycles. The van der Waals surface area contributed by atoms with Gasteiger partial charge in [-0.05, 0) is 18.2 Å². The summed E-state index contributed by atoms with van der Waals surface area (Å²) < 4.78 is 25.7. The molecule has 1 aromatic carbocycles. The van der Waals surface area contributed by atoms with Crippen molar-refractivity contribution in [1.82, 2.24) is 4.72 Å². The molecule has 0 aromatic heterocycles. The zero-order valence-corrected chi connectivity index (χ0v) is 11.4. The average Bonchev–Trinajstić information content (AvgIpc) is 2.13. The van der Waals surface area contributed by atoms with E-state index in [4.69, 9.17) is 23.2 Å². The molecule has 0 saturated heterocycles. The Kier molecular flexibility index (Phi) is 4.86. The third kappa shape index (κ3) is 3.92. The molecule has 0 bridgehead atoms. The largest absolute Gasteiger partial charge is 0.240 e. The Bertz CT molecular complexity index is 430. The van der Waals surface area contributed by atoms with Gasteiger partial charge in [-0.2, -0.15) is 0 Å². The van der Waals surface area contributed by atoms with Crippen LogP contribution in [-0.2, 0) is 10.0 Å². The van der Waals surface area contributed by atoms with Crippen molar-refractivity contribution in [3.05, 3.63) is 28.2 Å². The number of nitrogens with one attached hydrogen (secondary N) is 1. The first-order valence-corrected chi connectivity index (χ1v) is 7.33. The molecule has 0 aliphatic rings. The van der Waals surface area contributed by atoms with Crippen molar-refractivity contribution in [2.45, 2.75) is 4.90 Å². The van der Waals surface area contributed by atoms with Gasteiger partial charge in [0.15, 0.2) is 0 Å². The SMILES string of the molecule is O=S(=O)(NCCBr)c1cc(Cl)cc(Cl)c1. The lowest BCUT2D eigenvalue weighted by Gasteiger charge is -2.05. The molecule has 1 N–H and O–H groups in total. The lowest BCUT2D eigenvalue weighted by Crippen LogP contribution is -2.25. The third-order valence-corrected chi connectivity index (χ3v) is 3.81. The quantitative estimate of drug-likeness (QED) is 0.862. The van der Waals surface area contributed by atoms with E-state index < -0.39 is 10.0 Å². The Morgan fingerprint density at radius 3 is 2.20 bits per heavy atom. The monoisotopic (exact) mass is 331 g/mol. The molecule has 0 fully saturated rings. The molecule has 1 rings (SSSR count). The summed E-state index contributed by atoms with van der Waals surface area (Å²) in [7, 11) is -3.52. The predicted molar refractivity (Wildman–Crippen MR) is 65.4 cm³/mol. The predicted octanol–water partition coefficient (Wildman–Crippen LogP) is 2.67. The van der Waals surface area contributed by atoms with Crippen LogP contribution in [0, 0.1) is 0 Å². The molecule has 0 radical (unpaired) electrons. The fourth-order valence-corrected chi connectivity index (χ4v) is 3.16. The van der Waals surface area contributed by atoms with Gasteiger partial charge in [0.05, 0.1) is 4.90 Å². The van der Waals surface area contributed by atoms with E-state index in [1.807, 2.05) is 0 Å². The first kappa shape index (κ1) is 13.3. The van der Waals surface area contributed by atoms with Gasteiger partial charge in [0, 0.05) is 21.9 Å². The minimum Gasteiger partial charge on any atom is -0.210 e. The topological polar surface area (TPSA) is 46.2 Å². The van der Waals surface area contributed by atoms with E-state index in [0.29, 0.717) is 21.9 Å². The van der Waals surface area contributed by atoms with Crippen LogP contribution in [0.3, 0.4) is 0 Å². The maximum atomic E-state index is 11.6. The van der Waals surface area contributed by atoms with Crippen molar-refractivity contribution in [2.24, 2.45) is 0 Å². The second-order valence-corrected chi connectivity index (χ2v) is 6.12. The molecule has 15 heavy (non-hydrogen) atoms. The van der Waals surface area contributed by atoms with E-state index in [0.717, 1.165) is 0 Å². The van der Waals surface area contributed by atoms with Crippen molar-refractivity contribution < 1.29 is 8.42 Å². The van der Waals surface area contributed by atoms with Crippen LogP contribution in [0.2, 0.25) is 10.0 Å². The van der Waals surface area contributed by atoms with E-state index in [2.05, 4.69) is 20.7 Å². The lowest BCUT2D eigenvalue weighted by atomic mass is 10.4. The fraction of sp³-hybridized carbons (Fsp3) is 0.250. The molecule has 0 spiro atoms. The van der Waals surface area contributed by atoms with Crippen molar-refractivity contribution in [3.8, 4) is 0 Å². The summed E-state index contributed by atoms with van der Waals surface area (Å²) >= 11 is 14.5. The van der Waals surface area contributed by atoms with E-state index in [1.54, 1.807) is 0 Å². The molecule has 1 aromatic rings. The summed E-state index contributed by atoms with van der Waals surface area (Å²) in [6, 6.07) is 4.18. The Morgan fingerprint density at radius 2 is 1.73 bits per heavy atom. The number of rotatable bonds is 4. The highest BCUT2D eigenvalue weighted by Crippen LogP contribution is 2.21. The van der Waals surface area contributed by atoms with Gasteiger partial charge >= 0.3 is 0 Å². The number of hydrogen-bond acceptors (Lipinski definition) is 2. The lowest BCUT2D eigenvalue weighted by molar-refractivity contribution is 0.584. The summed E-state index contributed by atoms with van der Waals surface area (Å²) in [4.78, 5) is 0.0703. The van der Waals surface area contributed by atoms with Gasteiger partial charge in [0.25, 0.3) is 0 Å². The molecule has 7 heteroatoms. The second kappa shape index (κ2) is 5.50. The zero-order valence-electron chi connectivity index (χ0n) is 7.50. The van der Waals surface area contributed by atoms with Crippen LogP contribution in [0.1, 0.15) is 0 Å². The molecule has 0 aliphatic heterocycles. The van der Waals surface area contributed by atoms with E-state index >= 15 is 0 Å². The Balaban J connectivity index is 3.04. The first-order valence-electron chi connectivity index (χ1n) is 3.97. The molecule has 0 atom stereocenters. The van der Waals surface area contributed by atoms with Gasteiger partial charge in [0.1, 0.15) is 0 Å². The maximum Gasteiger partial charge on any atom is 0.240 e. The smallest absolute Gasteiger partial charge is 0.210 e. The van der Waals surface area contributed by atoms with Crippen molar-refractivity contribution in [3.63, 3.8) is 0 Å². The van der Waals surface area contributed by atoms with Crippen LogP contribution >= 0.6 is 39.1 Å². The third-order valence-electron chi connectivity index (χ3n) is 1.53. The first-order chi connectivity index (χ1) is 6.95. The molecule has 0 heterocycles. The number of hydrogen-bond donors (Lipinski definition) is 1. The van der Waals surface area contributed by atoms with Crippen LogP contribution in [0.4, 0.5) is 0 Å². The molecule has 0 amide bonds.